The third-order valence-corrected chi connectivity index (χ3v) is 1.84. The second-order valence-corrected chi connectivity index (χ2v) is 2.88. The van der Waals surface area contributed by atoms with Crippen molar-refractivity contribution in [3.05, 3.63) is 42.0 Å². The molecule has 0 amide bonds. The van der Waals surface area contributed by atoms with Crippen molar-refractivity contribution in [2.45, 2.75) is 6.54 Å². The molecule has 0 aromatic carbocycles. The van der Waals surface area contributed by atoms with Crippen molar-refractivity contribution >= 4 is 5.69 Å². The van der Waals surface area contributed by atoms with E-state index in [2.05, 4.69) is 15.5 Å². The van der Waals surface area contributed by atoms with Crippen molar-refractivity contribution < 1.29 is 4.52 Å². The summed E-state index contributed by atoms with van der Waals surface area (Å²) >= 11 is 0. The minimum Gasteiger partial charge on any atom is -0.376 e. The third kappa shape index (κ3) is 2.31. The standard InChI is InChI=1S/C10H8N4O/c11-5-8-1-2-9(6-12-8)13-7-10-3-4-14-15-10/h1-4,6,13H,7H2. The van der Waals surface area contributed by atoms with Crippen LogP contribution in [0.4, 0.5) is 5.69 Å². The van der Waals surface area contributed by atoms with Crippen LogP contribution in [0.5, 0.6) is 0 Å². The Kier molecular flexibility index (Phi) is 2.61. The van der Waals surface area contributed by atoms with E-state index in [9.17, 15) is 0 Å². The number of hydrogen-bond acceptors (Lipinski definition) is 5. The summed E-state index contributed by atoms with van der Waals surface area (Å²) in [7, 11) is 0. The van der Waals surface area contributed by atoms with Crippen LogP contribution >= 0.6 is 0 Å². The Morgan fingerprint density at radius 2 is 2.33 bits per heavy atom. The van der Waals surface area contributed by atoms with Crippen molar-refractivity contribution in [1.29, 1.82) is 5.26 Å². The molecule has 15 heavy (non-hydrogen) atoms. The molecule has 2 heterocycles. The molecule has 0 bridgehead atoms. The van der Waals surface area contributed by atoms with Crippen LogP contribution in [0.15, 0.2) is 35.1 Å². The SMILES string of the molecule is N#Cc1ccc(NCc2ccno2)cn1. The summed E-state index contributed by atoms with van der Waals surface area (Å²) < 4.78 is 4.91. The average Bonchev–Trinajstić information content (AvgIpc) is 2.80. The summed E-state index contributed by atoms with van der Waals surface area (Å²) in [5.41, 5.74) is 1.24. The Morgan fingerprint density at radius 3 is 2.93 bits per heavy atom. The summed E-state index contributed by atoms with van der Waals surface area (Å²) in [6, 6.07) is 7.19. The molecule has 2 aromatic heterocycles. The van der Waals surface area contributed by atoms with Crippen LogP contribution in [0.3, 0.4) is 0 Å². The topological polar surface area (TPSA) is 74.7 Å². The van der Waals surface area contributed by atoms with E-state index in [0.29, 0.717) is 12.2 Å². The van der Waals surface area contributed by atoms with Gasteiger partial charge in [0.15, 0.2) is 5.76 Å². The minimum absolute atomic E-state index is 0.403. The zero-order valence-electron chi connectivity index (χ0n) is 7.84. The lowest BCUT2D eigenvalue weighted by atomic mass is 10.3. The first kappa shape index (κ1) is 9.21. The maximum atomic E-state index is 8.55. The van der Waals surface area contributed by atoms with Crippen LogP contribution in [0.2, 0.25) is 0 Å². The molecule has 0 saturated carbocycles. The Morgan fingerprint density at radius 1 is 1.40 bits per heavy atom. The highest BCUT2D eigenvalue weighted by atomic mass is 16.5. The maximum Gasteiger partial charge on any atom is 0.155 e. The smallest absolute Gasteiger partial charge is 0.155 e. The van der Waals surface area contributed by atoms with Crippen LogP contribution in [-0.4, -0.2) is 10.1 Å². The van der Waals surface area contributed by atoms with Gasteiger partial charge in [0.1, 0.15) is 11.8 Å². The van der Waals surface area contributed by atoms with Gasteiger partial charge in [-0.1, -0.05) is 5.16 Å². The summed E-state index contributed by atoms with van der Waals surface area (Å²) in [4.78, 5) is 3.93. The number of pyridine rings is 1. The number of aromatic nitrogens is 2. The van der Waals surface area contributed by atoms with E-state index in [1.54, 1.807) is 30.6 Å². The Labute approximate surface area is 86.3 Å². The monoisotopic (exact) mass is 200 g/mol. The van der Waals surface area contributed by atoms with Crippen molar-refractivity contribution in [2.24, 2.45) is 0 Å². The first-order chi connectivity index (χ1) is 7.38. The van der Waals surface area contributed by atoms with E-state index in [1.807, 2.05) is 6.07 Å². The van der Waals surface area contributed by atoms with Gasteiger partial charge in [0.05, 0.1) is 24.6 Å². The largest absolute Gasteiger partial charge is 0.376 e. The molecule has 0 spiro atoms. The Bertz CT molecular complexity index is 455. The zero-order chi connectivity index (χ0) is 10.5. The summed E-state index contributed by atoms with van der Waals surface area (Å²) in [6.45, 7) is 0.549. The third-order valence-electron chi connectivity index (χ3n) is 1.84. The molecule has 2 rings (SSSR count). The van der Waals surface area contributed by atoms with Gasteiger partial charge in [-0.05, 0) is 12.1 Å². The number of hydrogen-bond donors (Lipinski definition) is 1. The second kappa shape index (κ2) is 4.24. The predicted octanol–water partition coefficient (Wildman–Crippen LogP) is 1.55. The second-order valence-electron chi connectivity index (χ2n) is 2.88. The van der Waals surface area contributed by atoms with Gasteiger partial charge in [0.25, 0.3) is 0 Å². The fourth-order valence-electron chi connectivity index (χ4n) is 1.09. The number of nitrogens with zero attached hydrogens (tertiary/aromatic N) is 3. The molecule has 0 aliphatic rings. The van der Waals surface area contributed by atoms with Crippen LogP contribution < -0.4 is 5.32 Å². The molecule has 5 nitrogen and oxygen atoms in total. The van der Waals surface area contributed by atoms with Crippen molar-refractivity contribution in [2.75, 3.05) is 5.32 Å². The molecule has 1 N–H and O–H groups in total. The van der Waals surface area contributed by atoms with Gasteiger partial charge in [-0.25, -0.2) is 4.98 Å². The molecular weight excluding hydrogens is 192 g/mol. The highest BCUT2D eigenvalue weighted by Crippen LogP contribution is 2.07. The Balaban J connectivity index is 1.97. The molecule has 0 atom stereocenters. The molecule has 0 unspecified atom stereocenters. The number of anilines is 1. The lowest BCUT2D eigenvalue weighted by molar-refractivity contribution is 0.388. The van der Waals surface area contributed by atoms with Gasteiger partial charge in [0.2, 0.25) is 0 Å². The summed E-state index contributed by atoms with van der Waals surface area (Å²) in [5.74, 6) is 0.749. The normalized spacial score (nSPS) is 9.53. The van der Waals surface area contributed by atoms with Crippen molar-refractivity contribution in [3.8, 4) is 6.07 Å². The van der Waals surface area contributed by atoms with E-state index in [4.69, 9.17) is 9.78 Å². The van der Waals surface area contributed by atoms with E-state index in [-0.39, 0.29) is 0 Å². The molecule has 0 radical (unpaired) electrons. The van der Waals surface area contributed by atoms with E-state index >= 15 is 0 Å². The first-order valence-corrected chi connectivity index (χ1v) is 4.38. The molecule has 0 saturated heterocycles. The van der Waals surface area contributed by atoms with Gasteiger partial charge in [-0.2, -0.15) is 5.26 Å². The van der Waals surface area contributed by atoms with Crippen molar-refractivity contribution in [3.63, 3.8) is 0 Å². The lowest BCUT2D eigenvalue weighted by Gasteiger charge is -2.02. The predicted molar refractivity (Wildman–Crippen MR) is 52.8 cm³/mol. The zero-order valence-corrected chi connectivity index (χ0v) is 7.84. The fourth-order valence-corrected chi connectivity index (χ4v) is 1.09. The van der Waals surface area contributed by atoms with Crippen LogP contribution in [0, 0.1) is 11.3 Å². The van der Waals surface area contributed by atoms with Crippen molar-refractivity contribution in [1.82, 2.24) is 10.1 Å². The first-order valence-electron chi connectivity index (χ1n) is 4.38. The fraction of sp³-hybridized carbons (Fsp3) is 0.100. The summed E-state index contributed by atoms with van der Waals surface area (Å²) in [6.07, 6.45) is 3.20. The Hall–Kier alpha value is -2.35. The van der Waals surface area contributed by atoms with Crippen LogP contribution in [0.1, 0.15) is 11.5 Å². The van der Waals surface area contributed by atoms with Crippen LogP contribution in [0.25, 0.3) is 0 Å². The quantitative estimate of drug-likeness (QED) is 0.813. The molecular formula is C10H8N4O. The molecule has 0 fully saturated rings. The van der Waals surface area contributed by atoms with Gasteiger partial charge in [-0.15, -0.1) is 0 Å². The highest BCUT2D eigenvalue weighted by molar-refractivity contribution is 5.42. The average molecular weight is 200 g/mol. The molecule has 0 aliphatic heterocycles. The van der Waals surface area contributed by atoms with Gasteiger partial charge in [-0.3, -0.25) is 0 Å². The van der Waals surface area contributed by atoms with Gasteiger partial charge < -0.3 is 9.84 Å². The lowest BCUT2D eigenvalue weighted by Crippen LogP contribution is -1.98. The molecule has 74 valence electrons. The molecule has 2 aromatic rings. The summed E-state index contributed by atoms with van der Waals surface area (Å²) in [5, 5.41) is 15.2. The number of nitrogens with one attached hydrogen (secondary N) is 1. The van der Waals surface area contributed by atoms with Gasteiger partial charge in [0, 0.05) is 6.07 Å². The highest BCUT2D eigenvalue weighted by Gasteiger charge is 1.97. The molecule has 5 heteroatoms. The maximum absolute atomic E-state index is 8.55. The number of rotatable bonds is 3. The van der Waals surface area contributed by atoms with Crippen LogP contribution in [-0.2, 0) is 6.54 Å². The van der Waals surface area contributed by atoms with E-state index in [1.165, 1.54) is 0 Å². The number of nitriles is 1. The van der Waals surface area contributed by atoms with E-state index < -0.39 is 0 Å². The molecule has 0 aliphatic carbocycles. The van der Waals surface area contributed by atoms with Gasteiger partial charge >= 0.3 is 0 Å². The minimum atomic E-state index is 0.403. The van der Waals surface area contributed by atoms with E-state index in [0.717, 1.165) is 11.4 Å².